The molecule has 0 saturated carbocycles. The highest BCUT2D eigenvalue weighted by atomic mass is 79.9. The van der Waals surface area contributed by atoms with Crippen molar-refractivity contribution in [3.63, 3.8) is 0 Å². The van der Waals surface area contributed by atoms with Crippen LogP contribution in [0.4, 0.5) is 4.79 Å². The van der Waals surface area contributed by atoms with Crippen LogP contribution in [0.2, 0.25) is 0 Å². The van der Waals surface area contributed by atoms with Gasteiger partial charge in [-0.2, -0.15) is 0 Å². The molecule has 0 aromatic carbocycles. The lowest BCUT2D eigenvalue weighted by Crippen LogP contribution is -2.36. The van der Waals surface area contributed by atoms with Gasteiger partial charge in [-0.05, 0) is 27.7 Å². The van der Waals surface area contributed by atoms with Crippen LogP contribution in [0.5, 0.6) is 0 Å². The van der Waals surface area contributed by atoms with Crippen molar-refractivity contribution < 1.29 is 19.0 Å². The minimum Gasteiger partial charge on any atom is -0.443 e. The summed E-state index contributed by atoms with van der Waals surface area (Å²) in [5, 5.41) is 0. The van der Waals surface area contributed by atoms with Gasteiger partial charge in [-0.15, -0.1) is 0 Å². The maximum atomic E-state index is 12.0. The quantitative estimate of drug-likeness (QED) is 0.770. The summed E-state index contributed by atoms with van der Waals surface area (Å²) in [7, 11) is 0. The Balaban J connectivity index is 2.22. The number of hydrogen-bond donors (Lipinski definition) is 0. The average molecular weight is 347 g/mol. The molecule has 1 aromatic rings. The lowest BCUT2D eigenvalue weighted by atomic mass is 10.1. The minimum atomic E-state index is -0.951. The first kappa shape index (κ1) is 15.5. The van der Waals surface area contributed by atoms with E-state index in [0.29, 0.717) is 18.9 Å². The van der Waals surface area contributed by atoms with Gasteiger partial charge in [-0.3, -0.25) is 0 Å². The van der Waals surface area contributed by atoms with Crippen LogP contribution in [-0.2, 0) is 20.0 Å². The van der Waals surface area contributed by atoms with Crippen LogP contribution < -0.4 is 0 Å². The molecule has 2 heterocycles. The summed E-state index contributed by atoms with van der Waals surface area (Å²) in [6, 6.07) is 0. The molecule has 6 nitrogen and oxygen atoms in total. The third-order valence-electron chi connectivity index (χ3n) is 2.78. The lowest BCUT2D eigenvalue weighted by molar-refractivity contribution is -0.164. The van der Waals surface area contributed by atoms with Crippen molar-refractivity contribution >= 4 is 22.0 Å². The second-order valence-corrected chi connectivity index (χ2v) is 7.00. The zero-order valence-electron chi connectivity index (χ0n) is 12.1. The number of halogens is 1. The number of aromatic nitrogens is 2. The molecule has 2 rings (SSSR count). The third-order valence-corrected chi connectivity index (χ3v) is 3.39. The van der Waals surface area contributed by atoms with E-state index in [1.165, 1.54) is 10.9 Å². The molecule has 20 heavy (non-hydrogen) atoms. The fourth-order valence-electron chi connectivity index (χ4n) is 1.93. The standard InChI is InChI=1S/C13H19BrN2O4/c1-9(14)13(18-5-6-19-13)10-7-16(8-15-10)11(17)20-12(2,3)4/h7-9H,5-6H2,1-4H3. The minimum absolute atomic E-state index is 0.0977. The fourth-order valence-corrected chi connectivity index (χ4v) is 2.43. The van der Waals surface area contributed by atoms with Crippen LogP contribution in [0.1, 0.15) is 33.4 Å². The topological polar surface area (TPSA) is 62.6 Å². The SMILES string of the molecule is CC(Br)C1(c2cn(C(=O)OC(C)(C)C)cn2)OCCO1. The van der Waals surface area contributed by atoms with E-state index in [-0.39, 0.29) is 4.83 Å². The van der Waals surface area contributed by atoms with Gasteiger partial charge in [0.05, 0.1) is 18.0 Å². The zero-order valence-corrected chi connectivity index (χ0v) is 13.6. The van der Waals surface area contributed by atoms with Gasteiger partial charge < -0.3 is 14.2 Å². The van der Waals surface area contributed by atoms with Crippen molar-refractivity contribution in [3.8, 4) is 0 Å². The van der Waals surface area contributed by atoms with E-state index in [9.17, 15) is 4.79 Å². The predicted octanol–water partition coefficient (Wildman–Crippen LogP) is 2.65. The zero-order chi connectivity index (χ0) is 15.0. The van der Waals surface area contributed by atoms with Gasteiger partial charge in [0.15, 0.2) is 0 Å². The number of carbonyl (C=O) groups is 1. The van der Waals surface area contributed by atoms with E-state index in [2.05, 4.69) is 20.9 Å². The molecule has 1 fully saturated rings. The van der Waals surface area contributed by atoms with Crippen molar-refractivity contribution in [2.45, 2.75) is 43.9 Å². The molecule has 0 radical (unpaired) electrons. The molecule has 0 amide bonds. The van der Waals surface area contributed by atoms with Crippen LogP contribution in [0.25, 0.3) is 0 Å². The van der Waals surface area contributed by atoms with Crippen LogP contribution in [0.15, 0.2) is 12.5 Å². The summed E-state index contributed by atoms with van der Waals surface area (Å²) in [6.07, 6.45) is 2.51. The number of hydrogen-bond acceptors (Lipinski definition) is 5. The van der Waals surface area contributed by atoms with E-state index in [1.807, 2.05) is 27.7 Å². The van der Waals surface area contributed by atoms with Crippen molar-refractivity contribution in [2.24, 2.45) is 0 Å². The Labute approximate surface area is 126 Å². The second kappa shape index (κ2) is 5.46. The monoisotopic (exact) mass is 346 g/mol. The number of nitrogens with zero attached hydrogens (tertiary/aromatic N) is 2. The first-order valence-corrected chi connectivity index (χ1v) is 7.36. The number of imidazole rings is 1. The summed E-state index contributed by atoms with van der Waals surface area (Å²) in [6.45, 7) is 8.35. The van der Waals surface area contributed by atoms with Crippen molar-refractivity contribution in [1.82, 2.24) is 9.55 Å². The Bertz CT molecular complexity index is 487. The summed E-state index contributed by atoms with van der Waals surface area (Å²) in [5.41, 5.74) is -0.00678. The highest BCUT2D eigenvalue weighted by molar-refractivity contribution is 9.09. The highest BCUT2D eigenvalue weighted by Gasteiger charge is 2.45. The van der Waals surface area contributed by atoms with E-state index < -0.39 is 17.5 Å². The number of alkyl halides is 1. The molecular formula is C13H19BrN2O4. The summed E-state index contributed by atoms with van der Waals surface area (Å²) in [4.78, 5) is 16.1. The largest absolute Gasteiger partial charge is 0.443 e. The molecule has 1 aliphatic heterocycles. The molecule has 1 aliphatic rings. The van der Waals surface area contributed by atoms with Crippen LogP contribution in [0.3, 0.4) is 0 Å². The predicted molar refractivity (Wildman–Crippen MR) is 75.8 cm³/mol. The number of rotatable bonds is 2. The molecule has 112 valence electrons. The van der Waals surface area contributed by atoms with Crippen molar-refractivity contribution in [2.75, 3.05) is 13.2 Å². The van der Waals surface area contributed by atoms with Gasteiger partial charge in [0, 0.05) is 6.20 Å². The van der Waals surface area contributed by atoms with Crippen molar-refractivity contribution in [1.29, 1.82) is 0 Å². The maximum absolute atomic E-state index is 12.0. The smallest absolute Gasteiger partial charge is 0.419 e. The summed E-state index contributed by atoms with van der Waals surface area (Å²) in [5.74, 6) is -0.951. The Kier molecular flexibility index (Phi) is 4.22. The normalized spacial score (nSPS) is 19.9. The first-order chi connectivity index (χ1) is 9.24. The molecule has 1 saturated heterocycles. The molecule has 1 aromatic heterocycles. The molecule has 0 N–H and O–H groups in total. The van der Waals surface area contributed by atoms with Gasteiger partial charge >= 0.3 is 6.09 Å². The Hall–Kier alpha value is -0.920. The third kappa shape index (κ3) is 3.05. The maximum Gasteiger partial charge on any atom is 0.419 e. The molecule has 1 atom stereocenters. The molecule has 0 aliphatic carbocycles. The van der Waals surface area contributed by atoms with Crippen LogP contribution in [-0.4, -0.2) is 39.3 Å². The van der Waals surface area contributed by atoms with Gasteiger partial charge in [-0.1, -0.05) is 15.9 Å². The summed E-state index contributed by atoms with van der Waals surface area (Å²) >= 11 is 3.47. The molecule has 0 spiro atoms. The first-order valence-electron chi connectivity index (χ1n) is 6.44. The van der Waals surface area contributed by atoms with E-state index in [1.54, 1.807) is 6.20 Å². The van der Waals surface area contributed by atoms with Gasteiger partial charge in [0.1, 0.15) is 17.6 Å². The highest BCUT2D eigenvalue weighted by Crippen LogP contribution is 2.37. The van der Waals surface area contributed by atoms with Gasteiger partial charge in [-0.25, -0.2) is 14.3 Å². The van der Waals surface area contributed by atoms with E-state index in [0.717, 1.165) is 0 Å². The molecular weight excluding hydrogens is 328 g/mol. The van der Waals surface area contributed by atoms with Crippen LogP contribution in [0, 0.1) is 0 Å². The fraction of sp³-hybridized carbons (Fsp3) is 0.692. The Morgan fingerprint density at radius 1 is 1.50 bits per heavy atom. The lowest BCUT2D eigenvalue weighted by Gasteiger charge is -2.28. The van der Waals surface area contributed by atoms with Gasteiger partial charge in [0.2, 0.25) is 5.79 Å². The summed E-state index contributed by atoms with van der Waals surface area (Å²) < 4.78 is 17.9. The number of ether oxygens (including phenoxy) is 3. The van der Waals surface area contributed by atoms with E-state index >= 15 is 0 Å². The molecule has 1 unspecified atom stereocenters. The van der Waals surface area contributed by atoms with Crippen LogP contribution >= 0.6 is 15.9 Å². The van der Waals surface area contributed by atoms with Gasteiger partial charge in [0.25, 0.3) is 0 Å². The molecule has 7 heteroatoms. The average Bonchev–Trinajstić information content (AvgIpc) is 2.96. The Morgan fingerprint density at radius 2 is 2.10 bits per heavy atom. The number of carbonyl (C=O) groups excluding carboxylic acids is 1. The van der Waals surface area contributed by atoms with E-state index in [4.69, 9.17) is 14.2 Å². The molecule has 0 bridgehead atoms. The Morgan fingerprint density at radius 3 is 2.60 bits per heavy atom. The second-order valence-electron chi connectivity index (χ2n) is 5.63. The van der Waals surface area contributed by atoms with Crippen molar-refractivity contribution in [3.05, 3.63) is 18.2 Å².